The Kier molecular flexibility index (Phi) is 5.38. The van der Waals surface area contributed by atoms with E-state index in [0.717, 1.165) is 38.6 Å². The summed E-state index contributed by atoms with van der Waals surface area (Å²) >= 11 is 0. The number of carbonyl (C=O) groups is 1. The van der Waals surface area contributed by atoms with Gasteiger partial charge in [-0.25, -0.2) is 0 Å². The lowest BCUT2D eigenvalue weighted by Crippen LogP contribution is -2.43. The van der Waals surface area contributed by atoms with Crippen LogP contribution in [0, 0.1) is 5.92 Å². The van der Waals surface area contributed by atoms with Crippen LogP contribution in [0.15, 0.2) is 0 Å². The van der Waals surface area contributed by atoms with Gasteiger partial charge in [0.1, 0.15) is 5.60 Å². The quantitative estimate of drug-likeness (QED) is 0.570. The Bertz CT molecular complexity index is 299. The second-order valence-corrected chi connectivity index (χ2v) is 12.2. The number of rotatable bonds is 5. The van der Waals surface area contributed by atoms with Gasteiger partial charge in [-0.15, -0.1) is 0 Å². The van der Waals surface area contributed by atoms with E-state index in [0.29, 0.717) is 5.92 Å². The van der Waals surface area contributed by atoms with E-state index in [4.69, 9.17) is 9.16 Å². The molecule has 0 heterocycles. The second-order valence-electron chi connectivity index (χ2n) is 7.40. The normalized spacial score (nSPS) is 29.3. The molecule has 19 heavy (non-hydrogen) atoms. The number of hydrogen-bond acceptors (Lipinski definition) is 3. The Labute approximate surface area is 119 Å². The first-order valence-electron chi connectivity index (χ1n) is 7.31. The summed E-state index contributed by atoms with van der Waals surface area (Å²) in [6.07, 6.45) is 4.71. The summed E-state index contributed by atoms with van der Waals surface area (Å²) < 4.78 is 11.7. The van der Waals surface area contributed by atoms with Crippen LogP contribution < -0.4 is 0 Å². The van der Waals surface area contributed by atoms with Gasteiger partial charge in [-0.3, -0.25) is 0 Å². The second kappa shape index (κ2) is 6.06. The minimum absolute atomic E-state index is 0.265. The summed E-state index contributed by atoms with van der Waals surface area (Å²) in [6, 6.07) is 0. The van der Waals surface area contributed by atoms with Crippen molar-refractivity contribution in [3.63, 3.8) is 0 Å². The highest BCUT2D eigenvalue weighted by atomic mass is 28.4. The summed E-state index contributed by atoms with van der Waals surface area (Å²) in [5.74, 6) is 0.581. The molecule has 0 N–H and O–H groups in total. The summed E-state index contributed by atoms with van der Waals surface area (Å²) in [7, 11) is -0.00223. The Morgan fingerprint density at radius 2 is 1.79 bits per heavy atom. The van der Waals surface area contributed by atoms with E-state index in [1.807, 2.05) is 0 Å². The van der Waals surface area contributed by atoms with Gasteiger partial charge in [-0.1, -0.05) is 20.8 Å². The van der Waals surface area contributed by atoms with Gasteiger partial charge in [-0.05, 0) is 49.7 Å². The Hall–Kier alpha value is -0.193. The van der Waals surface area contributed by atoms with Gasteiger partial charge in [0.25, 0.3) is 0 Å². The van der Waals surface area contributed by atoms with Crippen LogP contribution in [-0.4, -0.2) is 33.9 Å². The van der Waals surface area contributed by atoms with E-state index < -0.39 is 13.9 Å². The standard InChI is InChI=1S/C15H30O3Si/c1-14(2,3)19(5,6)18-11-13-7-9-15(12-16,17-4)10-8-13/h12-13H,7-11H2,1-6H3. The van der Waals surface area contributed by atoms with Crippen molar-refractivity contribution in [3.05, 3.63) is 0 Å². The Morgan fingerprint density at radius 1 is 1.26 bits per heavy atom. The van der Waals surface area contributed by atoms with Crippen LogP contribution in [0.3, 0.4) is 0 Å². The first kappa shape index (κ1) is 16.9. The third kappa shape index (κ3) is 4.13. The van der Waals surface area contributed by atoms with Gasteiger partial charge in [0, 0.05) is 13.7 Å². The van der Waals surface area contributed by atoms with E-state index >= 15 is 0 Å². The average molecular weight is 286 g/mol. The topological polar surface area (TPSA) is 35.5 Å². The maximum Gasteiger partial charge on any atom is 0.191 e. The third-order valence-electron chi connectivity index (χ3n) is 5.06. The molecule has 1 rings (SSSR count). The van der Waals surface area contributed by atoms with Crippen LogP contribution >= 0.6 is 0 Å². The van der Waals surface area contributed by atoms with Gasteiger partial charge in [0.05, 0.1) is 0 Å². The maximum absolute atomic E-state index is 11.1. The van der Waals surface area contributed by atoms with Gasteiger partial charge in [0.2, 0.25) is 0 Å². The number of ether oxygens (including phenoxy) is 1. The third-order valence-corrected chi connectivity index (χ3v) is 9.56. The van der Waals surface area contributed by atoms with Crippen LogP contribution in [-0.2, 0) is 14.0 Å². The molecular weight excluding hydrogens is 256 g/mol. The molecule has 0 aromatic rings. The van der Waals surface area contributed by atoms with Gasteiger partial charge >= 0.3 is 0 Å². The maximum atomic E-state index is 11.1. The molecule has 1 aliphatic carbocycles. The van der Waals surface area contributed by atoms with E-state index in [2.05, 4.69) is 33.9 Å². The first-order valence-corrected chi connectivity index (χ1v) is 10.2. The summed E-state index contributed by atoms with van der Waals surface area (Å²) in [5, 5.41) is 0.265. The zero-order valence-corrected chi connectivity index (χ0v) is 14.4. The highest BCUT2D eigenvalue weighted by Gasteiger charge is 2.39. The van der Waals surface area contributed by atoms with Crippen molar-refractivity contribution in [2.24, 2.45) is 5.92 Å². The van der Waals surface area contributed by atoms with Crippen molar-refractivity contribution in [1.82, 2.24) is 0 Å². The average Bonchev–Trinajstić information content (AvgIpc) is 2.36. The Morgan fingerprint density at radius 3 is 2.16 bits per heavy atom. The molecule has 0 spiro atoms. The molecule has 112 valence electrons. The van der Waals surface area contributed by atoms with Crippen LogP contribution in [0.2, 0.25) is 18.1 Å². The number of carbonyl (C=O) groups excluding carboxylic acids is 1. The lowest BCUT2D eigenvalue weighted by molar-refractivity contribution is -0.132. The molecule has 0 bridgehead atoms. The molecule has 1 aliphatic rings. The van der Waals surface area contributed by atoms with Crippen LogP contribution in [0.1, 0.15) is 46.5 Å². The molecule has 1 fully saturated rings. The molecule has 0 aromatic heterocycles. The molecule has 0 atom stereocenters. The molecule has 0 aromatic carbocycles. The monoisotopic (exact) mass is 286 g/mol. The van der Waals surface area contributed by atoms with Crippen molar-refractivity contribution in [3.8, 4) is 0 Å². The summed E-state index contributed by atoms with van der Waals surface area (Å²) in [5.41, 5.74) is -0.520. The van der Waals surface area contributed by atoms with Gasteiger partial charge in [0.15, 0.2) is 14.6 Å². The minimum atomic E-state index is -1.64. The van der Waals surface area contributed by atoms with E-state index in [1.54, 1.807) is 7.11 Å². The SMILES string of the molecule is COC1(C=O)CCC(CO[Si](C)(C)C(C)(C)C)CC1. The zero-order chi connectivity index (χ0) is 14.7. The van der Waals surface area contributed by atoms with Crippen molar-refractivity contribution >= 4 is 14.6 Å². The first-order chi connectivity index (χ1) is 8.66. The molecular formula is C15H30O3Si. The minimum Gasteiger partial charge on any atom is -0.417 e. The lowest BCUT2D eigenvalue weighted by atomic mass is 9.80. The fourth-order valence-corrected chi connectivity index (χ4v) is 3.33. The van der Waals surface area contributed by atoms with Crippen LogP contribution in [0.4, 0.5) is 0 Å². The van der Waals surface area contributed by atoms with Crippen molar-refractivity contribution in [2.45, 2.75) is 70.2 Å². The molecule has 0 unspecified atom stereocenters. The van der Waals surface area contributed by atoms with Crippen LogP contribution in [0.25, 0.3) is 0 Å². The van der Waals surface area contributed by atoms with Crippen molar-refractivity contribution in [1.29, 1.82) is 0 Å². The smallest absolute Gasteiger partial charge is 0.191 e. The summed E-state index contributed by atoms with van der Waals surface area (Å²) in [6.45, 7) is 12.2. The fourth-order valence-electron chi connectivity index (χ4n) is 2.25. The molecule has 0 amide bonds. The highest BCUT2D eigenvalue weighted by molar-refractivity contribution is 6.74. The number of hydrogen-bond donors (Lipinski definition) is 0. The van der Waals surface area contributed by atoms with Crippen molar-refractivity contribution < 1.29 is 14.0 Å². The summed E-state index contributed by atoms with van der Waals surface area (Å²) in [4.78, 5) is 11.1. The Balaban J connectivity index is 2.44. The predicted octanol–water partition coefficient (Wildman–Crippen LogP) is 3.78. The van der Waals surface area contributed by atoms with E-state index in [1.165, 1.54) is 0 Å². The van der Waals surface area contributed by atoms with E-state index in [-0.39, 0.29) is 5.04 Å². The molecule has 0 radical (unpaired) electrons. The molecule has 4 heteroatoms. The number of methoxy groups -OCH3 is 1. The highest BCUT2D eigenvalue weighted by Crippen LogP contribution is 2.38. The van der Waals surface area contributed by atoms with E-state index in [9.17, 15) is 4.79 Å². The van der Waals surface area contributed by atoms with Gasteiger partial charge in [-0.2, -0.15) is 0 Å². The predicted molar refractivity (Wildman–Crippen MR) is 80.9 cm³/mol. The largest absolute Gasteiger partial charge is 0.417 e. The van der Waals surface area contributed by atoms with Crippen LogP contribution in [0.5, 0.6) is 0 Å². The fraction of sp³-hybridized carbons (Fsp3) is 0.933. The molecule has 1 saturated carbocycles. The molecule has 3 nitrogen and oxygen atoms in total. The molecule has 0 aliphatic heterocycles. The van der Waals surface area contributed by atoms with Gasteiger partial charge < -0.3 is 14.0 Å². The lowest BCUT2D eigenvalue weighted by Gasteiger charge is -2.39. The van der Waals surface area contributed by atoms with Crippen molar-refractivity contribution in [2.75, 3.05) is 13.7 Å². The molecule has 0 saturated heterocycles. The number of aldehydes is 1. The zero-order valence-electron chi connectivity index (χ0n) is 13.4.